The molecule has 0 atom stereocenters. The molecule has 0 aliphatic carbocycles. The molecule has 0 unspecified atom stereocenters. The smallest absolute Gasteiger partial charge is 0.275 e. The van der Waals surface area contributed by atoms with E-state index in [-0.39, 0.29) is 11.6 Å². The molecule has 0 aliphatic heterocycles. The first-order valence-corrected chi connectivity index (χ1v) is 9.24. The van der Waals surface area contributed by atoms with Gasteiger partial charge in [0.25, 0.3) is 5.91 Å². The van der Waals surface area contributed by atoms with Gasteiger partial charge < -0.3 is 10.4 Å². The highest BCUT2D eigenvalue weighted by atomic mass is 16.3. The van der Waals surface area contributed by atoms with Crippen molar-refractivity contribution in [3.05, 3.63) is 77.7 Å². The van der Waals surface area contributed by atoms with Crippen LogP contribution < -0.4 is 5.32 Å². The van der Waals surface area contributed by atoms with E-state index >= 15 is 0 Å². The van der Waals surface area contributed by atoms with Gasteiger partial charge in [0.1, 0.15) is 11.5 Å². The Bertz CT molecular complexity index is 1180. The van der Waals surface area contributed by atoms with Gasteiger partial charge in [0.2, 0.25) is 0 Å². The Morgan fingerprint density at radius 1 is 1.10 bits per heavy atom. The first-order valence-electron chi connectivity index (χ1n) is 9.24. The average molecular weight is 387 g/mol. The van der Waals surface area contributed by atoms with Crippen LogP contribution >= 0.6 is 0 Å². The van der Waals surface area contributed by atoms with Crippen LogP contribution in [-0.4, -0.2) is 30.6 Å². The van der Waals surface area contributed by atoms with Crippen LogP contribution in [0.25, 0.3) is 16.9 Å². The lowest BCUT2D eigenvalue weighted by Crippen LogP contribution is -2.18. The number of nitrogens with zero attached hydrogens (tertiary/aromatic N) is 4. The van der Waals surface area contributed by atoms with Gasteiger partial charge in [-0.15, -0.1) is 0 Å². The monoisotopic (exact) mass is 387 g/mol. The molecule has 0 saturated heterocycles. The predicted octanol–water partition coefficient (Wildman–Crippen LogP) is 3.58. The number of benzene rings is 1. The second kappa shape index (κ2) is 7.10. The number of fused-ring (bicyclic) bond motifs is 1. The molecular formula is C22H21N5O2. The van der Waals surface area contributed by atoms with Crippen molar-refractivity contribution < 1.29 is 9.90 Å². The van der Waals surface area contributed by atoms with Crippen molar-refractivity contribution in [2.24, 2.45) is 0 Å². The SMILES string of the molecule is Cc1cc2nc(NC(=O)c3ccc(C(C)(C)O)cn3)cc(-c3ccccc3)n2n1. The van der Waals surface area contributed by atoms with Crippen LogP contribution in [0.4, 0.5) is 5.82 Å². The lowest BCUT2D eigenvalue weighted by Gasteiger charge is -2.17. The summed E-state index contributed by atoms with van der Waals surface area (Å²) in [6.45, 7) is 5.24. The van der Waals surface area contributed by atoms with Crippen LogP contribution in [0.2, 0.25) is 0 Å². The fraction of sp³-hybridized carbons (Fsp3) is 0.182. The molecule has 0 bridgehead atoms. The van der Waals surface area contributed by atoms with Gasteiger partial charge in [-0.3, -0.25) is 9.78 Å². The molecule has 1 aromatic carbocycles. The Kier molecular flexibility index (Phi) is 4.60. The number of nitrogens with one attached hydrogen (secondary N) is 1. The fourth-order valence-corrected chi connectivity index (χ4v) is 3.04. The highest BCUT2D eigenvalue weighted by Crippen LogP contribution is 2.24. The number of hydrogen-bond acceptors (Lipinski definition) is 5. The molecule has 146 valence electrons. The Balaban J connectivity index is 1.68. The number of aliphatic hydroxyl groups is 1. The maximum absolute atomic E-state index is 12.7. The largest absolute Gasteiger partial charge is 0.386 e. The molecular weight excluding hydrogens is 366 g/mol. The number of pyridine rings is 1. The van der Waals surface area contributed by atoms with E-state index in [1.54, 1.807) is 36.6 Å². The molecule has 0 spiro atoms. The molecule has 4 aromatic rings. The highest BCUT2D eigenvalue weighted by Gasteiger charge is 2.18. The van der Waals surface area contributed by atoms with Crippen LogP contribution in [0.3, 0.4) is 0 Å². The number of rotatable bonds is 4. The third-order valence-corrected chi connectivity index (χ3v) is 4.56. The van der Waals surface area contributed by atoms with Crippen molar-refractivity contribution in [2.45, 2.75) is 26.4 Å². The van der Waals surface area contributed by atoms with Gasteiger partial charge in [0, 0.05) is 29.5 Å². The Morgan fingerprint density at radius 2 is 1.86 bits per heavy atom. The zero-order valence-corrected chi connectivity index (χ0v) is 16.4. The van der Waals surface area contributed by atoms with Gasteiger partial charge in [0.15, 0.2) is 5.65 Å². The van der Waals surface area contributed by atoms with Gasteiger partial charge in [-0.1, -0.05) is 36.4 Å². The Morgan fingerprint density at radius 3 is 2.52 bits per heavy atom. The van der Waals surface area contributed by atoms with Crippen LogP contribution in [0.5, 0.6) is 0 Å². The van der Waals surface area contributed by atoms with E-state index in [4.69, 9.17) is 0 Å². The van der Waals surface area contributed by atoms with Gasteiger partial charge in [-0.05, 0) is 26.8 Å². The topological polar surface area (TPSA) is 92.4 Å². The maximum atomic E-state index is 12.7. The van der Waals surface area contributed by atoms with Crippen LogP contribution in [0.15, 0.2) is 60.8 Å². The number of aromatic nitrogens is 4. The third kappa shape index (κ3) is 3.86. The first-order chi connectivity index (χ1) is 13.8. The molecule has 0 radical (unpaired) electrons. The van der Waals surface area contributed by atoms with E-state index in [0.717, 1.165) is 17.0 Å². The number of aryl methyl sites for hydroxylation is 1. The average Bonchev–Trinajstić information content (AvgIpc) is 3.07. The summed E-state index contributed by atoms with van der Waals surface area (Å²) in [7, 11) is 0. The number of amides is 1. The highest BCUT2D eigenvalue weighted by molar-refractivity contribution is 6.02. The number of carbonyl (C=O) groups is 1. The van der Waals surface area contributed by atoms with E-state index in [0.29, 0.717) is 17.0 Å². The van der Waals surface area contributed by atoms with Crippen molar-refractivity contribution in [3.8, 4) is 11.3 Å². The van der Waals surface area contributed by atoms with Crippen LogP contribution in [0.1, 0.15) is 35.6 Å². The molecule has 2 N–H and O–H groups in total. The zero-order valence-electron chi connectivity index (χ0n) is 16.4. The third-order valence-electron chi connectivity index (χ3n) is 4.56. The standard InChI is InChI=1S/C22H21N5O2/c1-14-11-20-24-19(12-18(27(20)26-14)15-7-5-4-6-8-15)25-21(28)17-10-9-16(13-23-17)22(2,3)29/h4-13,29H,1-3H3,(H,24,25,28). The van der Waals surface area contributed by atoms with Crippen molar-refractivity contribution in [3.63, 3.8) is 0 Å². The van der Waals surface area contributed by atoms with E-state index in [1.807, 2.05) is 43.3 Å². The number of anilines is 1. The summed E-state index contributed by atoms with van der Waals surface area (Å²) in [4.78, 5) is 21.3. The fourth-order valence-electron chi connectivity index (χ4n) is 3.04. The summed E-state index contributed by atoms with van der Waals surface area (Å²) in [6, 6.07) is 16.7. The molecule has 1 amide bonds. The molecule has 7 heteroatoms. The minimum atomic E-state index is -1.01. The Hall–Kier alpha value is -3.58. The number of carbonyl (C=O) groups excluding carboxylic acids is 1. The van der Waals surface area contributed by atoms with Crippen molar-refractivity contribution in [1.82, 2.24) is 19.6 Å². The summed E-state index contributed by atoms with van der Waals surface area (Å²) in [5, 5.41) is 17.4. The van der Waals surface area contributed by atoms with Gasteiger partial charge >= 0.3 is 0 Å². The van der Waals surface area contributed by atoms with Gasteiger partial charge in [-0.2, -0.15) is 5.10 Å². The van der Waals surface area contributed by atoms with E-state index in [1.165, 1.54) is 6.20 Å². The van der Waals surface area contributed by atoms with Crippen molar-refractivity contribution in [1.29, 1.82) is 0 Å². The predicted molar refractivity (Wildman–Crippen MR) is 111 cm³/mol. The minimum Gasteiger partial charge on any atom is -0.386 e. The molecule has 3 aromatic heterocycles. The summed E-state index contributed by atoms with van der Waals surface area (Å²) in [5.74, 6) is 0.0361. The normalized spacial score (nSPS) is 11.6. The Labute approximate surface area is 168 Å². The molecule has 0 aliphatic rings. The van der Waals surface area contributed by atoms with Crippen LogP contribution in [-0.2, 0) is 5.60 Å². The lowest BCUT2D eigenvalue weighted by molar-refractivity contribution is 0.0780. The summed E-state index contributed by atoms with van der Waals surface area (Å²) >= 11 is 0. The minimum absolute atomic E-state index is 0.241. The van der Waals surface area contributed by atoms with Gasteiger partial charge in [-0.25, -0.2) is 9.50 Å². The van der Waals surface area contributed by atoms with E-state index < -0.39 is 5.60 Å². The molecule has 0 fully saturated rings. The van der Waals surface area contributed by atoms with E-state index in [2.05, 4.69) is 20.4 Å². The molecule has 3 heterocycles. The second-order valence-electron chi connectivity index (χ2n) is 7.39. The molecule has 4 rings (SSSR count). The molecule has 0 saturated carbocycles. The summed E-state index contributed by atoms with van der Waals surface area (Å²) < 4.78 is 1.76. The van der Waals surface area contributed by atoms with Crippen LogP contribution in [0, 0.1) is 6.92 Å². The summed E-state index contributed by atoms with van der Waals surface area (Å²) in [6.07, 6.45) is 1.50. The van der Waals surface area contributed by atoms with Crippen molar-refractivity contribution in [2.75, 3.05) is 5.32 Å². The second-order valence-corrected chi connectivity index (χ2v) is 7.39. The molecule has 29 heavy (non-hydrogen) atoms. The van der Waals surface area contributed by atoms with E-state index in [9.17, 15) is 9.90 Å². The quantitative estimate of drug-likeness (QED) is 0.558. The van der Waals surface area contributed by atoms with Crippen molar-refractivity contribution >= 4 is 17.4 Å². The van der Waals surface area contributed by atoms with Gasteiger partial charge in [0.05, 0.1) is 17.0 Å². The lowest BCUT2D eigenvalue weighted by atomic mass is 10.0. The zero-order chi connectivity index (χ0) is 20.6. The summed E-state index contributed by atoms with van der Waals surface area (Å²) in [5.41, 5.74) is 3.13. The maximum Gasteiger partial charge on any atom is 0.275 e. The molecule has 7 nitrogen and oxygen atoms in total. The first kappa shape index (κ1) is 18.8. The number of hydrogen-bond donors (Lipinski definition) is 2.